The van der Waals surface area contributed by atoms with Crippen LogP contribution >= 0.6 is 0 Å². The van der Waals surface area contributed by atoms with Gasteiger partial charge < -0.3 is 15.1 Å². The predicted octanol–water partition coefficient (Wildman–Crippen LogP) is 2.14. The zero-order valence-electron chi connectivity index (χ0n) is 11.7. The van der Waals surface area contributed by atoms with Gasteiger partial charge in [-0.1, -0.05) is 19.1 Å². The summed E-state index contributed by atoms with van der Waals surface area (Å²) in [4.78, 5) is 16.0. The molecule has 20 heavy (non-hydrogen) atoms. The second-order valence-electron chi connectivity index (χ2n) is 4.76. The van der Waals surface area contributed by atoms with Crippen LogP contribution in [0.15, 0.2) is 30.5 Å². The molecule has 1 aliphatic rings. The average Bonchev–Trinajstić information content (AvgIpc) is 2.49. The molecule has 108 valence electrons. The first-order valence-electron chi connectivity index (χ1n) is 6.89. The van der Waals surface area contributed by atoms with Crippen LogP contribution < -0.4 is 5.32 Å². The van der Waals surface area contributed by atoms with Crippen molar-refractivity contribution in [3.8, 4) is 0 Å². The number of urea groups is 1. The van der Waals surface area contributed by atoms with Crippen LogP contribution in [0.4, 0.5) is 9.18 Å². The number of nitrogens with one attached hydrogen (secondary N) is 1. The van der Waals surface area contributed by atoms with E-state index in [0.717, 1.165) is 38.3 Å². The van der Waals surface area contributed by atoms with Gasteiger partial charge in [-0.25, -0.2) is 9.18 Å². The molecule has 0 saturated carbocycles. The molecule has 0 aliphatic carbocycles. The highest BCUT2D eigenvalue weighted by molar-refractivity contribution is 5.76. The number of benzene rings is 1. The molecular formula is C15H20FN3O. The molecule has 2 amide bonds. The highest BCUT2D eigenvalue weighted by atomic mass is 19.1. The molecule has 2 rings (SSSR count). The van der Waals surface area contributed by atoms with Crippen LogP contribution in [-0.2, 0) is 0 Å². The maximum absolute atomic E-state index is 12.7. The van der Waals surface area contributed by atoms with E-state index in [1.54, 1.807) is 29.3 Å². The summed E-state index contributed by atoms with van der Waals surface area (Å²) >= 11 is 0. The third kappa shape index (κ3) is 4.06. The van der Waals surface area contributed by atoms with E-state index in [4.69, 9.17) is 0 Å². The van der Waals surface area contributed by atoms with Crippen molar-refractivity contribution < 1.29 is 9.18 Å². The molecule has 1 aromatic carbocycles. The van der Waals surface area contributed by atoms with Gasteiger partial charge >= 0.3 is 6.03 Å². The van der Waals surface area contributed by atoms with Crippen LogP contribution in [0.3, 0.4) is 0 Å². The van der Waals surface area contributed by atoms with Crippen LogP contribution in [0.1, 0.15) is 12.5 Å². The van der Waals surface area contributed by atoms with Crippen molar-refractivity contribution in [1.29, 1.82) is 0 Å². The summed E-state index contributed by atoms with van der Waals surface area (Å²) in [6.07, 6.45) is 3.35. The standard InChI is InChI=1S/C15H20FN3O/c1-2-18-9-11-19(12-10-18)15(20)17-8-7-13-3-5-14(16)6-4-13/h3-8H,2,9-12H2,1H3,(H,17,20)/b8-7+. The Hall–Kier alpha value is -1.88. The summed E-state index contributed by atoms with van der Waals surface area (Å²) in [5.41, 5.74) is 0.850. The van der Waals surface area contributed by atoms with Crippen LogP contribution in [0.25, 0.3) is 6.08 Å². The molecule has 0 aromatic heterocycles. The molecule has 0 unspecified atom stereocenters. The zero-order chi connectivity index (χ0) is 14.4. The molecular weight excluding hydrogens is 257 g/mol. The Balaban J connectivity index is 1.79. The SMILES string of the molecule is CCN1CCN(C(=O)N/C=C/c2ccc(F)cc2)CC1. The third-order valence-electron chi connectivity index (χ3n) is 3.46. The minimum atomic E-state index is -0.264. The molecule has 0 spiro atoms. The van der Waals surface area contributed by atoms with Crippen LogP contribution in [0.5, 0.6) is 0 Å². The number of likely N-dealkylation sites (N-methyl/N-ethyl adjacent to an activating group) is 1. The average molecular weight is 277 g/mol. The molecule has 0 bridgehead atoms. The lowest BCUT2D eigenvalue weighted by Gasteiger charge is -2.33. The smallest absolute Gasteiger partial charge is 0.321 e. The molecule has 1 N–H and O–H groups in total. The molecule has 5 heteroatoms. The van der Waals surface area contributed by atoms with Gasteiger partial charge in [-0.05, 0) is 30.3 Å². The summed E-state index contributed by atoms with van der Waals surface area (Å²) in [5.74, 6) is -0.264. The van der Waals surface area contributed by atoms with Gasteiger partial charge in [0.1, 0.15) is 5.82 Å². The molecule has 1 aromatic rings. The molecule has 1 saturated heterocycles. The van der Waals surface area contributed by atoms with Crippen molar-refractivity contribution in [3.05, 3.63) is 41.8 Å². The Labute approximate surface area is 118 Å². The number of carbonyl (C=O) groups is 1. The molecule has 1 heterocycles. The third-order valence-corrected chi connectivity index (χ3v) is 3.46. The fourth-order valence-electron chi connectivity index (χ4n) is 2.14. The molecule has 0 atom stereocenters. The van der Waals surface area contributed by atoms with E-state index in [1.165, 1.54) is 12.1 Å². The second-order valence-corrected chi connectivity index (χ2v) is 4.76. The lowest BCUT2D eigenvalue weighted by molar-refractivity contribution is 0.145. The van der Waals surface area contributed by atoms with Gasteiger partial charge in [-0.3, -0.25) is 0 Å². The van der Waals surface area contributed by atoms with Crippen molar-refractivity contribution in [2.24, 2.45) is 0 Å². The summed E-state index contributed by atoms with van der Waals surface area (Å²) < 4.78 is 12.7. The number of nitrogens with zero attached hydrogens (tertiary/aromatic N) is 2. The van der Waals surface area contributed by atoms with Gasteiger partial charge in [0.2, 0.25) is 0 Å². The van der Waals surface area contributed by atoms with Crippen LogP contribution in [0, 0.1) is 5.82 Å². The Kier molecular flexibility index (Phi) is 5.12. The van der Waals surface area contributed by atoms with E-state index in [1.807, 2.05) is 0 Å². The second kappa shape index (κ2) is 7.05. The highest BCUT2D eigenvalue weighted by Gasteiger charge is 2.18. The minimum Gasteiger partial charge on any atom is -0.322 e. The zero-order valence-corrected chi connectivity index (χ0v) is 11.7. The number of hydrogen-bond donors (Lipinski definition) is 1. The Bertz CT molecular complexity index is 465. The Morgan fingerprint density at radius 1 is 1.25 bits per heavy atom. The lowest BCUT2D eigenvalue weighted by Crippen LogP contribution is -2.50. The summed E-state index contributed by atoms with van der Waals surface area (Å²) in [6, 6.07) is 6.03. The summed E-state index contributed by atoms with van der Waals surface area (Å²) in [5, 5.41) is 2.74. The van der Waals surface area contributed by atoms with Gasteiger partial charge in [0.05, 0.1) is 0 Å². The van der Waals surface area contributed by atoms with Crippen molar-refractivity contribution in [3.63, 3.8) is 0 Å². The summed E-state index contributed by atoms with van der Waals surface area (Å²) in [7, 11) is 0. The predicted molar refractivity (Wildman–Crippen MR) is 77.7 cm³/mol. The van der Waals surface area contributed by atoms with Crippen LogP contribution in [-0.4, -0.2) is 48.6 Å². The summed E-state index contributed by atoms with van der Waals surface area (Å²) in [6.45, 7) is 6.51. The molecule has 1 aliphatic heterocycles. The van der Waals surface area contributed by atoms with Crippen molar-refractivity contribution in [1.82, 2.24) is 15.1 Å². The van der Waals surface area contributed by atoms with Gasteiger partial charge in [0.15, 0.2) is 0 Å². The Morgan fingerprint density at radius 2 is 1.90 bits per heavy atom. The number of hydrogen-bond acceptors (Lipinski definition) is 2. The largest absolute Gasteiger partial charge is 0.322 e. The first-order chi connectivity index (χ1) is 9.69. The van der Waals surface area contributed by atoms with E-state index in [2.05, 4.69) is 17.1 Å². The highest BCUT2D eigenvalue weighted by Crippen LogP contribution is 2.04. The van der Waals surface area contributed by atoms with E-state index in [9.17, 15) is 9.18 Å². The fourth-order valence-corrected chi connectivity index (χ4v) is 2.14. The number of carbonyl (C=O) groups excluding carboxylic acids is 1. The molecule has 0 radical (unpaired) electrons. The van der Waals surface area contributed by atoms with Crippen molar-refractivity contribution in [2.75, 3.05) is 32.7 Å². The van der Waals surface area contributed by atoms with Gasteiger partial charge in [0.25, 0.3) is 0 Å². The monoisotopic (exact) mass is 277 g/mol. The lowest BCUT2D eigenvalue weighted by atomic mass is 10.2. The topological polar surface area (TPSA) is 35.6 Å². The maximum Gasteiger partial charge on any atom is 0.321 e. The number of amides is 2. The van der Waals surface area contributed by atoms with E-state index in [0.29, 0.717) is 0 Å². The van der Waals surface area contributed by atoms with Gasteiger partial charge in [0, 0.05) is 32.4 Å². The van der Waals surface area contributed by atoms with E-state index in [-0.39, 0.29) is 11.8 Å². The Morgan fingerprint density at radius 3 is 2.50 bits per heavy atom. The van der Waals surface area contributed by atoms with Gasteiger partial charge in [-0.15, -0.1) is 0 Å². The quantitative estimate of drug-likeness (QED) is 0.919. The molecule has 1 fully saturated rings. The van der Waals surface area contributed by atoms with Crippen molar-refractivity contribution in [2.45, 2.75) is 6.92 Å². The first kappa shape index (κ1) is 14.5. The number of piperazine rings is 1. The number of rotatable bonds is 3. The fraction of sp³-hybridized carbons (Fsp3) is 0.400. The normalized spacial score (nSPS) is 16.6. The number of halogens is 1. The van der Waals surface area contributed by atoms with E-state index >= 15 is 0 Å². The minimum absolute atomic E-state index is 0.0842. The van der Waals surface area contributed by atoms with Crippen LogP contribution in [0.2, 0.25) is 0 Å². The van der Waals surface area contributed by atoms with Gasteiger partial charge in [-0.2, -0.15) is 0 Å². The molecule has 4 nitrogen and oxygen atoms in total. The van der Waals surface area contributed by atoms with E-state index < -0.39 is 0 Å². The first-order valence-corrected chi connectivity index (χ1v) is 6.89. The van der Waals surface area contributed by atoms with Crippen molar-refractivity contribution >= 4 is 12.1 Å². The maximum atomic E-state index is 12.7.